The fourth-order valence-corrected chi connectivity index (χ4v) is 2.62. The molecule has 0 bridgehead atoms. The second kappa shape index (κ2) is 5.16. The zero-order valence-electron chi connectivity index (χ0n) is 10.1. The van der Waals surface area contributed by atoms with E-state index in [1.54, 1.807) is 0 Å². The third-order valence-electron chi connectivity index (χ3n) is 4.03. The van der Waals surface area contributed by atoms with Gasteiger partial charge in [-0.15, -0.1) is 0 Å². The first kappa shape index (κ1) is 12.0. The average molecular weight is 198 g/mol. The Hall–Kier alpha value is -0.0400. The average Bonchev–Trinajstić information content (AvgIpc) is 2.20. The molecule has 0 spiro atoms. The molecule has 0 saturated heterocycles. The third-order valence-corrected chi connectivity index (χ3v) is 4.03. The van der Waals surface area contributed by atoms with E-state index in [2.05, 4.69) is 20.8 Å². The Balaban J connectivity index is 2.41. The summed E-state index contributed by atoms with van der Waals surface area (Å²) in [4.78, 5) is 0. The van der Waals surface area contributed by atoms with Crippen LogP contribution < -0.4 is 0 Å². The maximum Gasteiger partial charge on any atom is 0.0650 e. The maximum atomic E-state index is 10.4. The molecule has 1 fully saturated rings. The Morgan fingerprint density at radius 1 is 1.21 bits per heavy atom. The van der Waals surface area contributed by atoms with Crippen LogP contribution in [-0.2, 0) is 0 Å². The molecule has 0 aromatic carbocycles. The lowest BCUT2D eigenvalue weighted by atomic mass is 9.74. The predicted molar refractivity (Wildman–Crippen MR) is 61.3 cm³/mol. The van der Waals surface area contributed by atoms with Crippen molar-refractivity contribution in [2.24, 2.45) is 11.8 Å². The molecule has 1 heteroatoms. The minimum Gasteiger partial charge on any atom is -0.390 e. The highest BCUT2D eigenvalue weighted by Gasteiger charge is 2.33. The van der Waals surface area contributed by atoms with Crippen molar-refractivity contribution in [1.82, 2.24) is 0 Å². The van der Waals surface area contributed by atoms with E-state index in [9.17, 15) is 5.11 Å². The Morgan fingerprint density at radius 2 is 1.71 bits per heavy atom. The topological polar surface area (TPSA) is 20.2 Å². The van der Waals surface area contributed by atoms with Gasteiger partial charge in [-0.3, -0.25) is 0 Å². The first-order chi connectivity index (χ1) is 6.59. The smallest absolute Gasteiger partial charge is 0.0650 e. The summed E-state index contributed by atoms with van der Waals surface area (Å²) < 4.78 is 0. The van der Waals surface area contributed by atoms with Crippen LogP contribution in [0.15, 0.2) is 0 Å². The molecule has 0 heterocycles. The van der Waals surface area contributed by atoms with Crippen molar-refractivity contribution in [2.75, 3.05) is 0 Å². The van der Waals surface area contributed by atoms with E-state index >= 15 is 0 Å². The van der Waals surface area contributed by atoms with Gasteiger partial charge in [-0.25, -0.2) is 0 Å². The van der Waals surface area contributed by atoms with Crippen molar-refractivity contribution in [2.45, 2.75) is 71.3 Å². The third kappa shape index (κ3) is 3.27. The molecule has 0 atom stereocenters. The summed E-state index contributed by atoms with van der Waals surface area (Å²) in [5, 5.41) is 10.4. The zero-order valence-corrected chi connectivity index (χ0v) is 10.1. The molecule has 0 aromatic rings. The van der Waals surface area contributed by atoms with E-state index in [-0.39, 0.29) is 5.60 Å². The molecule has 14 heavy (non-hydrogen) atoms. The summed E-state index contributed by atoms with van der Waals surface area (Å²) >= 11 is 0. The summed E-state index contributed by atoms with van der Waals surface area (Å²) in [5.41, 5.74) is -0.316. The van der Waals surface area contributed by atoms with Gasteiger partial charge in [0.25, 0.3) is 0 Å². The van der Waals surface area contributed by atoms with E-state index < -0.39 is 0 Å². The van der Waals surface area contributed by atoms with Gasteiger partial charge in [-0.05, 0) is 43.9 Å². The van der Waals surface area contributed by atoms with E-state index in [0.29, 0.717) is 0 Å². The van der Waals surface area contributed by atoms with Crippen LogP contribution in [0.2, 0.25) is 0 Å². The Bertz CT molecular complexity index is 153. The van der Waals surface area contributed by atoms with Crippen LogP contribution in [0.5, 0.6) is 0 Å². The number of hydrogen-bond donors (Lipinski definition) is 1. The van der Waals surface area contributed by atoms with Crippen LogP contribution >= 0.6 is 0 Å². The lowest BCUT2D eigenvalue weighted by Gasteiger charge is -2.37. The van der Waals surface area contributed by atoms with Crippen LogP contribution in [0.1, 0.15) is 65.7 Å². The van der Waals surface area contributed by atoms with E-state index in [4.69, 9.17) is 0 Å². The first-order valence-corrected chi connectivity index (χ1v) is 6.32. The SMILES string of the molecule is CCC(CC)CC1(O)CCC(C)CC1. The summed E-state index contributed by atoms with van der Waals surface area (Å²) in [6.45, 7) is 6.78. The minimum absolute atomic E-state index is 0.316. The lowest BCUT2D eigenvalue weighted by Crippen LogP contribution is -2.35. The molecule has 0 aromatic heterocycles. The van der Waals surface area contributed by atoms with Crippen LogP contribution in [0.4, 0.5) is 0 Å². The lowest BCUT2D eigenvalue weighted by molar-refractivity contribution is -0.0282. The molecule has 0 amide bonds. The van der Waals surface area contributed by atoms with Crippen molar-refractivity contribution in [3.05, 3.63) is 0 Å². The normalized spacial score (nSPS) is 33.6. The van der Waals surface area contributed by atoms with Crippen molar-refractivity contribution in [1.29, 1.82) is 0 Å². The highest BCUT2D eigenvalue weighted by molar-refractivity contribution is 4.86. The van der Waals surface area contributed by atoms with Crippen LogP contribution in [-0.4, -0.2) is 10.7 Å². The molecule has 1 saturated carbocycles. The maximum absolute atomic E-state index is 10.4. The largest absolute Gasteiger partial charge is 0.390 e. The number of aliphatic hydroxyl groups is 1. The molecule has 1 rings (SSSR count). The van der Waals surface area contributed by atoms with Gasteiger partial charge in [0.05, 0.1) is 5.60 Å². The Morgan fingerprint density at radius 3 is 2.14 bits per heavy atom. The first-order valence-electron chi connectivity index (χ1n) is 6.32. The molecule has 0 unspecified atom stereocenters. The van der Waals surface area contributed by atoms with Crippen LogP contribution in [0.3, 0.4) is 0 Å². The van der Waals surface area contributed by atoms with E-state index in [0.717, 1.165) is 31.1 Å². The number of hydrogen-bond acceptors (Lipinski definition) is 1. The molecule has 0 radical (unpaired) electrons. The van der Waals surface area contributed by atoms with E-state index in [1.165, 1.54) is 25.7 Å². The summed E-state index contributed by atoms with van der Waals surface area (Å²) in [6.07, 6.45) is 7.97. The van der Waals surface area contributed by atoms with Gasteiger partial charge in [-0.1, -0.05) is 33.6 Å². The highest BCUT2D eigenvalue weighted by Crippen LogP contribution is 2.37. The summed E-state index contributed by atoms with van der Waals surface area (Å²) in [5.74, 6) is 1.56. The predicted octanol–water partition coefficient (Wildman–Crippen LogP) is 3.75. The second-order valence-electron chi connectivity index (χ2n) is 5.29. The molecular weight excluding hydrogens is 172 g/mol. The van der Waals surface area contributed by atoms with E-state index in [1.807, 2.05) is 0 Å². The molecule has 84 valence electrons. The van der Waals surface area contributed by atoms with Crippen LogP contribution in [0, 0.1) is 11.8 Å². The van der Waals surface area contributed by atoms with Crippen molar-refractivity contribution < 1.29 is 5.11 Å². The Kier molecular flexibility index (Phi) is 4.43. The van der Waals surface area contributed by atoms with Crippen molar-refractivity contribution >= 4 is 0 Å². The van der Waals surface area contributed by atoms with Gasteiger partial charge in [0.15, 0.2) is 0 Å². The van der Waals surface area contributed by atoms with Gasteiger partial charge >= 0.3 is 0 Å². The zero-order chi connectivity index (χ0) is 10.6. The molecule has 0 aliphatic heterocycles. The molecule has 1 nitrogen and oxygen atoms in total. The minimum atomic E-state index is -0.316. The summed E-state index contributed by atoms with van der Waals surface area (Å²) in [7, 11) is 0. The van der Waals surface area contributed by atoms with Crippen LogP contribution in [0.25, 0.3) is 0 Å². The second-order valence-corrected chi connectivity index (χ2v) is 5.29. The molecule has 1 N–H and O–H groups in total. The van der Waals surface area contributed by atoms with Gasteiger partial charge in [0, 0.05) is 0 Å². The monoisotopic (exact) mass is 198 g/mol. The van der Waals surface area contributed by atoms with Gasteiger partial charge in [0.1, 0.15) is 0 Å². The van der Waals surface area contributed by atoms with Gasteiger partial charge < -0.3 is 5.11 Å². The fraction of sp³-hybridized carbons (Fsp3) is 1.00. The summed E-state index contributed by atoms with van der Waals surface area (Å²) in [6, 6.07) is 0. The number of rotatable bonds is 4. The van der Waals surface area contributed by atoms with Crippen molar-refractivity contribution in [3.63, 3.8) is 0 Å². The quantitative estimate of drug-likeness (QED) is 0.729. The molecule has 1 aliphatic rings. The Labute approximate surface area is 88.9 Å². The molecule has 1 aliphatic carbocycles. The van der Waals surface area contributed by atoms with Gasteiger partial charge in [-0.2, -0.15) is 0 Å². The fourth-order valence-electron chi connectivity index (χ4n) is 2.62. The highest BCUT2D eigenvalue weighted by atomic mass is 16.3. The van der Waals surface area contributed by atoms with Crippen molar-refractivity contribution in [3.8, 4) is 0 Å². The van der Waals surface area contributed by atoms with Gasteiger partial charge in [0.2, 0.25) is 0 Å². The standard InChI is InChI=1S/C13H26O/c1-4-12(5-2)10-13(14)8-6-11(3)7-9-13/h11-12,14H,4-10H2,1-3H3. The molecular formula is C13H26O.